The minimum atomic E-state index is -1.07. The number of hydrogen-bond donors (Lipinski definition) is 9. The van der Waals surface area contributed by atoms with Gasteiger partial charge in [-0.25, -0.2) is 0 Å². The first-order valence-corrected chi connectivity index (χ1v) is 36.6. The molecule has 0 fully saturated rings. The number of nitrogens with two attached hydrogens (primary N) is 5. The van der Waals surface area contributed by atoms with Crippen molar-refractivity contribution in [2.45, 2.75) is 360 Å². The van der Waals surface area contributed by atoms with Gasteiger partial charge in [-0.2, -0.15) is 0 Å². The maximum absolute atomic E-state index is 13.8. The second-order valence-electron chi connectivity index (χ2n) is 25.4. The standard InChI is InChI=1S/C70H138N12O6/c1-3-5-7-9-11-13-15-17-19-21-23-25-27-29-31-33-35-37-39-41-43-51-63(83)76-57-47-59-82(60-48-58-77-64(84)52-44-42-40-38-36-34-32-30-28-26-24-22-20-18-16-14-12-10-8-6-4-2)66(86)54-53-65(85)80-62(50-46-56-79-70(74)75)68(88)81-61(67(71)87)49-45-55-78-69(72)73/h61-62H,3-60H2,1-2H3,(H2,71,87)(H,76,83)(H,77,84)(H,80,85)(H,81,88)(H4,72,73,78)(H4,74,75,79)/t61-,62-/m0/s1. The number of aliphatic imine (C=N–C) groups is 2. The Hall–Kier alpha value is -4.64. The Bertz CT molecular complexity index is 1680. The molecule has 0 heterocycles. The van der Waals surface area contributed by atoms with Crippen LogP contribution in [0.1, 0.15) is 348 Å². The largest absolute Gasteiger partial charge is 0.370 e. The highest BCUT2D eigenvalue weighted by molar-refractivity contribution is 5.92. The fraction of sp³-hybridized carbons (Fsp3) is 0.886. The average Bonchev–Trinajstić information content (AvgIpc) is 3.70. The molecule has 18 heteroatoms. The molecule has 14 N–H and O–H groups in total. The first-order chi connectivity index (χ1) is 42.8. The fourth-order valence-corrected chi connectivity index (χ4v) is 11.4. The molecular weight excluding hydrogens is 1100 g/mol. The van der Waals surface area contributed by atoms with Gasteiger partial charge in [-0.05, 0) is 51.4 Å². The molecule has 18 nitrogen and oxygen atoms in total. The zero-order valence-corrected chi connectivity index (χ0v) is 56.8. The van der Waals surface area contributed by atoms with E-state index in [9.17, 15) is 28.8 Å². The molecule has 0 aromatic heterocycles. The van der Waals surface area contributed by atoms with Crippen molar-refractivity contribution in [1.82, 2.24) is 26.2 Å². The first-order valence-electron chi connectivity index (χ1n) is 36.6. The SMILES string of the molecule is CCCCCCCCCCCCCCCCCCCCCCCC(=O)NCCCN(CCCNC(=O)CCCCCCCCCCCCCCCCCCCCCCC)C(=O)CCC(=O)N[C@@H](CCCN=C(N)N)C(=O)N[C@@H](CCCN=C(N)N)C(N)=O. The molecule has 2 atom stereocenters. The number of rotatable bonds is 67. The molecule has 0 unspecified atom stereocenters. The number of unbranched alkanes of at least 4 members (excludes halogenated alkanes) is 40. The fourth-order valence-electron chi connectivity index (χ4n) is 11.4. The van der Waals surface area contributed by atoms with Crippen molar-refractivity contribution in [1.29, 1.82) is 0 Å². The summed E-state index contributed by atoms with van der Waals surface area (Å²) in [5, 5.41) is 11.4. The topological polar surface area (TPSA) is 309 Å². The maximum Gasteiger partial charge on any atom is 0.243 e. The predicted molar refractivity (Wildman–Crippen MR) is 368 cm³/mol. The van der Waals surface area contributed by atoms with Crippen molar-refractivity contribution in [3.63, 3.8) is 0 Å². The summed E-state index contributed by atoms with van der Waals surface area (Å²) < 4.78 is 0. The van der Waals surface area contributed by atoms with Crippen molar-refractivity contribution in [3.05, 3.63) is 0 Å². The minimum Gasteiger partial charge on any atom is -0.370 e. The van der Waals surface area contributed by atoms with Crippen LogP contribution in [0.5, 0.6) is 0 Å². The zero-order valence-electron chi connectivity index (χ0n) is 56.8. The van der Waals surface area contributed by atoms with Crippen LogP contribution in [0.3, 0.4) is 0 Å². The molecule has 0 aromatic carbocycles. The van der Waals surface area contributed by atoms with Gasteiger partial charge < -0.3 is 54.8 Å². The molecule has 0 rings (SSSR count). The summed E-state index contributed by atoms with van der Waals surface area (Å²) in [4.78, 5) is 88.1. The lowest BCUT2D eigenvalue weighted by molar-refractivity contribution is -0.135. The number of carbonyl (C=O) groups is 6. The van der Waals surface area contributed by atoms with E-state index in [0.717, 1.165) is 38.5 Å². The summed E-state index contributed by atoms with van der Waals surface area (Å²) in [5.41, 5.74) is 27.4. The molecule has 0 aliphatic carbocycles. The van der Waals surface area contributed by atoms with Crippen LogP contribution in [0.2, 0.25) is 0 Å². The molecule has 0 saturated heterocycles. The number of nitrogens with zero attached hydrogens (tertiary/aromatic N) is 3. The molecule has 0 bridgehead atoms. The third-order valence-electron chi connectivity index (χ3n) is 17.0. The van der Waals surface area contributed by atoms with E-state index in [1.54, 1.807) is 4.90 Å². The van der Waals surface area contributed by atoms with Gasteiger partial charge in [-0.3, -0.25) is 38.8 Å². The molecule has 6 amide bonds. The Morgan fingerprint density at radius 1 is 0.330 bits per heavy atom. The van der Waals surface area contributed by atoms with Gasteiger partial charge in [0.05, 0.1) is 0 Å². The van der Waals surface area contributed by atoms with Crippen molar-refractivity contribution in [2.75, 3.05) is 39.3 Å². The van der Waals surface area contributed by atoms with Crippen LogP contribution in [-0.2, 0) is 28.8 Å². The van der Waals surface area contributed by atoms with E-state index >= 15 is 0 Å². The molecule has 0 radical (unpaired) electrons. The number of primary amides is 1. The maximum atomic E-state index is 13.8. The van der Waals surface area contributed by atoms with Crippen molar-refractivity contribution in [3.8, 4) is 0 Å². The smallest absolute Gasteiger partial charge is 0.243 e. The molecule has 514 valence electrons. The third kappa shape index (κ3) is 59.0. The first kappa shape index (κ1) is 83.4. The van der Waals surface area contributed by atoms with Crippen LogP contribution in [0, 0.1) is 0 Å². The molecule has 0 spiro atoms. The van der Waals surface area contributed by atoms with Crippen LogP contribution in [0.15, 0.2) is 9.98 Å². The Morgan fingerprint density at radius 3 is 0.920 bits per heavy atom. The van der Waals surface area contributed by atoms with Crippen LogP contribution >= 0.6 is 0 Å². The summed E-state index contributed by atoms with van der Waals surface area (Å²) >= 11 is 0. The van der Waals surface area contributed by atoms with Crippen LogP contribution < -0.4 is 49.9 Å². The monoisotopic (exact) mass is 1240 g/mol. The Labute approximate surface area is 537 Å². The second kappa shape index (κ2) is 63.9. The quantitative estimate of drug-likeness (QED) is 0.0157. The van der Waals surface area contributed by atoms with E-state index in [1.807, 2.05) is 0 Å². The zero-order chi connectivity index (χ0) is 64.6. The van der Waals surface area contributed by atoms with Gasteiger partial charge in [0.25, 0.3) is 0 Å². The summed E-state index contributed by atoms with van der Waals surface area (Å²) in [7, 11) is 0. The van der Waals surface area contributed by atoms with E-state index in [-0.39, 0.29) is 68.4 Å². The van der Waals surface area contributed by atoms with Gasteiger partial charge in [0.2, 0.25) is 35.4 Å². The van der Waals surface area contributed by atoms with E-state index in [4.69, 9.17) is 28.7 Å². The number of nitrogens with one attached hydrogen (secondary N) is 4. The van der Waals surface area contributed by atoms with Crippen molar-refractivity contribution >= 4 is 47.4 Å². The highest BCUT2D eigenvalue weighted by Gasteiger charge is 2.26. The molecule has 88 heavy (non-hydrogen) atoms. The number of hydrogen-bond acceptors (Lipinski definition) is 8. The van der Waals surface area contributed by atoms with Gasteiger partial charge in [0.1, 0.15) is 12.1 Å². The van der Waals surface area contributed by atoms with E-state index in [0.29, 0.717) is 64.7 Å². The van der Waals surface area contributed by atoms with E-state index < -0.39 is 29.8 Å². The minimum absolute atomic E-state index is 0.00968. The summed E-state index contributed by atoms with van der Waals surface area (Å²) in [6.07, 6.45) is 58.0. The summed E-state index contributed by atoms with van der Waals surface area (Å²) in [6, 6.07) is -2.10. The van der Waals surface area contributed by atoms with Crippen LogP contribution in [-0.4, -0.2) is 104 Å². The summed E-state index contributed by atoms with van der Waals surface area (Å²) in [6.45, 7) is 6.54. The Kier molecular flexibility index (Phi) is 60.5. The van der Waals surface area contributed by atoms with Gasteiger partial charge >= 0.3 is 0 Å². The predicted octanol–water partition coefficient (Wildman–Crippen LogP) is 13.4. The van der Waals surface area contributed by atoms with Gasteiger partial charge in [0.15, 0.2) is 11.9 Å². The highest BCUT2D eigenvalue weighted by Crippen LogP contribution is 2.18. The Balaban J connectivity index is 4.90. The normalized spacial score (nSPS) is 11.8. The number of guanidine groups is 2. The lowest BCUT2D eigenvalue weighted by atomic mass is 10.0. The molecule has 0 aromatic rings. The Morgan fingerprint density at radius 2 is 0.625 bits per heavy atom. The van der Waals surface area contributed by atoms with Gasteiger partial charge in [0, 0.05) is 65.0 Å². The van der Waals surface area contributed by atoms with Crippen molar-refractivity contribution in [2.24, 2.45) is 38.7 Å². The molecule has 0 aliphatic heterocycles. The van der Waals surface area contributed by atoms with Gasteiger partial charge in [-0.1, -0.05) is 271 Å². The molecule has 0 saturated carbocycles. The third-order valence-corrected chi connectivity index (χ3v) is 17.0. The average molecular weight is 1240 g/mol. The van der Waals surface area contributed by atoms with E-state index in [2.05, 4.69) is 45.1 Å². The lowest BCUT2D eigenvalue weighted by Gasteiger charge is -2.24. The number of amides is 6. The van der Waals surface area contributed by atoms with Crippen LogP contribution in [0.4, 0.5) is 0 Å². The summed E-state index contributed by atoms with van der Waals surface area (Å²) in [5.74, 6) is -2.35. The second-order valence-corrected chi connectivity index (χ2v) is 25.4. The van der Waals surface area contributed by atoms with Gasteiger partial charge in [-0.15, -0.1) is 0 Å². The lowest BCUT2D eigenvalue weighted by Crippen LogP contribution is -2.53. The van der Waals surface area contributed by atoms with Crippen molar-refractivity contribution < 1.29 is 28.8 Å². The van der Waals surface area contributed by atoms with E-state index in [1.165, 1.54) is 231 Å². The molecular formula is C70H138N12O6. The number of carbonyl (C=O) groups excluding carboxylic acids is 6. The molecule has 0 aliphatic rings. The highest BCUT2D eigenvalue weighted by atomic mass is 16.2. The van der Waals surface area contributed by atoms with Crippen LogP contribution in [0.25, 0.3) is 0 Å².